The number of aliphatic carboxylic acids is 1. The van der Waals surface area contributed by atoms with Gasteiger partial charge in [0, 0.05) is 13.1 Å². The number of halogens is 1. The van der Waals surface area contributed by atoms with E-state index in [1.54, 1.807) is 13.0 Å². The molecule has 0 amide bonds. The summed E-state index contributed by atoms with van der Waals surface area (Å²) in [6, 6.07) is 4.77. The lowest BCUT2D eigenvalue weighted by molar-refractivity contribution is -0.151. The van der Waals surface area contributed by atoms with Crippen LogP contribution >= 0.6 is 0 Å². The summed E-state index contributed by atoms with van der Waals surface area (Å²) in [5.74, 6) is -0.955. The zero-order valence-corrected chi connectivity index (χ0v) is 11.4. The van der Waals surface area contributed by atoms with Gasteiger partial charge in [0.05, 0.1) is 5.41 Å². The van der Waals surface area contributed by atoms with Crippen LogP contribution in [0.15, 0.2) is 18.2 Å². The smallest absolute Gasteiger partial charge is 0.310 e. The van der Waals surface area contributed by atoms with Gasteiger partial charge in [0.15, 0.2) is 0 Å². The number of likely N-dealkylation sites (tertiary alicyclic amines) is 1. The van der Waals surface area contributed by atoms with Gasteiger partial charge in [0.1, 0.15) is 5.82 Å². The van der Waals surface area contributed by atoms with Crippen LogP contribution in [0.4, 0.5) is 4.39 Å². The summed E-state index contributed by atoms with van der Waals surface area (Å²) in [7, 11) is 0. The Balaban J connectivity index is 2.09. The molecule has 0 spiro atoms. The summed E-state index contributed by atoms with van der Waals surface area (Å²) in [6.07, 6.45) is 1.62. The molecule has 4 heteroatoms. The monoisotopic (exact) mass is 265 g/mol. The molecule has 0 aromatic heterocycles. The van der Waals surface area contributed by atoms with Gasteiger partial charge in [0.2, 0.25) is 0 Å². The van der Waals surface area contributed by atoms with Gasteiger partial charge in [-0.2, -0.15) is 0 Å². The molecule has 1 unspecified atom stereocenters. The fourth-order valence-electron chi connectivity index (χ4n) is 2.73. The van der Waals surface area contributed by atoms with E-state index in [1.807, 2.05) is 6.92 Å². The third-order valence-corrected chi connectivity index (χ3v) is 3.99. The highest BCUT2D eigenvalue weighted by atomic mass is 19.1. The maximum atomic E-state index is 13.1. The molecule has 0 saturated carbocycles. The molecule has 2 rings (SSSR count). The number of hydrogen-bond donors (Lipinski definition) is 1. The summed E-state index contributed by atoms with van der Waals surface area (Å²) in [6.45, 7) is 5.84. The van der Waals surface area contributed by atoms with Crippen LogP contribution in [0.25, 0.3) is 0 Å². The van der Waals surface area contributed by atoms with Crippen LogP contribution in [0, 0.1) is 18.2 Å². The molecule has 1 heterocycles. The fraction of sp³-hybridized carbons (Fsp3) is 0.533. The number of nitrogens with zero attached hydrogens (tertiary/aromatic N) is 1. The maximum Gasteiger partial charge on any atom is 0.310 e. The third kappa shape index (κ3) is 3.13. The number of benzene rings is 1. The SMILES string of the molecule is Cc1cc(F)ccc1CN1CCCC(C)(C(=O)O)C1. The van der Waals surface area contributed by atoms with Gasteiger partial charge in [-0.15, -0.1) is 0 Å². The van der Waals surface area contributed by atoms with Crippen LogP contribution in [-0.2, 0) is 11.3 Å². The van der Waals surface area contributed by atoms with Crippen molar-refractivity contribution in [3.63, 3.8) is 0 Å². The first-order valence-electron chi connectivity index (χ1n) is 6.61. The van der Waals surface area contributed by atoms with Crippen LogP contribution in [-0.4, -0.2) is 29.1 Å². The van der Waals surface area contributed by atoms with Gasteiger partial charge < -0.3 is 5.11 Å². The summed E-state index contributed by atoms with van der Waals surface area (Å²) < 4.78 is 13.1. The molecule has 1 saturated heterocycles. The molecule has 0 bridgehead atoms. The highest BCUT2D eigenvalue weighted by Gasteiger charge is 2.37. The van der Waals surface area contributed by atoms with Gasteiger partial charge in [-0.05, 0) is 56.5 Å². The molecule has 19 heavy (non-hydrogen) atoms. The van der Waals surface area contributed by atoms with Gasteiger partial charge in [-0.25, -0.2) is 4.39 Å². The summed E-state index contributed by atoms with van der Waals surface area (Å²) in [4.78, 5) is 13.5. The molecule has 0 radical (unpaired) electrons. The molecular weight excluding hydrogens is 245 g/mol. The van der Waals surface area contributed by atoms with Crippen LogP contribution in [0.1, 0.15) is 30.9 Å². The van der Waals surface area contributed by atoms with E-state index in [0.717, 1.165) is 30.5 Å². The van der Waals surface area contributed by atoms with Crippen LogP contribution < -0.4 is 0 Å². The second-order valence-electron chi connectivity index (χ2n) is 5.75. The van der Waals surface area contributed by atoms with E-state index in [4.69, 9.17) is 0 Å². The topological polar surface area (TPSA) is 40.5 Å². The molecule has 3 nitrogen and oxygen atoms in total. The fourth-order valence-corrected chi connectivity index (χ4v) is 2.73. The van der Waals surface area contributed by atoms with Gasteiger partial charge in [-0.1, -0.05) is 6.07 Å². The number of carboxylic acid groups (broad SMARTS) is 1. The van der Waals surface area contributed by atoms with Crippen molar-refractivity contribution in [3.8, 4) is 0 Å². The van der Waals surface area contributed by atoms with Crippen molar-refractivity contribution in [1.29, 1.82) is 0 Å². The second-order valence-corrected chi connectivity index (χ2v) is 5.75. The first kappa shape index (κ1) is 14.0. The van der Waals surface area contributed by atoms with Gasteiger partial charge in [-0.3, -0.25) is 9.69 Å². The third-order valence-electron chi connectivity index (χ3n) is 3.99. The van der Waals surface area contributed by atoms with Crippen molar-refractivity contribution >= 4 is 5.97 Å². The van der Waals surface area contributed by atoms with Crippen molar-refractivity contribution in [1.82, 2.24) is 4.90 Å². The lowest BCUT2D eigenvalue weighted by Gasteiger charge is -2.37. The quantitative estimate of drug-likeness (QED) is 0.913. The van der Waals surface area contributed by atoms with Gasteiger partial charge in [0.25, 0.3) is 0 Å². The Labute approximate surface area is 113 Å². The Bertz CT molecular complexity index is 489. The number of aryl methyl sites for hydroxylation is 1. The molecule has 1 aliphatic heterocycles. The lowest BCUT2D eigenvalue weighted by atomic mass is 9.82. The molecule has 1 N–H and O–H groups in total. The van der Waals surface area contributed by atoms with E-state index in [2.05, 4.69) is 4.90 Å². The predicted octanol–water partition coefficient (Wildman–Crippen LogP) is 2.82. The Hall–Kier alpha value is -1.42. The maximum absolute atomic E-state index is 13.1. The number of carbonyl (C=O) groups is 1. The minimum absolute atomic E-state index is 0.227. The number of hydrogen-bond acceptors (Lipinski definition) is 2. The molecule has 1 aromatic carbocycles. The molecule has 1 fully saturated rings. The van der Waals surface area contributed by atoms with E-state index >= 15 is 0 Å². The molecule has 104 valence electrons. The van der Waals surface area contributed by atoms with Crippen molar-refractivity contribution < 1.29 is 14.3 Å². The molecule has 1 aromatic rings. The zero-order chi connectivity index (χ0) is 14.0. The van der Waals surface area contributed by atoms with Crippen molar-refractivity contribution in [3.05, 3.63) is 35.1 Å². The van der Waals surface area contributed by atoms with E-state index in [1.165, 1.54) is 12.1 Å². The van der Waals surface area contributed by atoms with Crippen molar-refractivity contribution in [2.24, 2.45) is 5.41 Å². The Kier molecular flexibility index (Phi) is 3.90. The van der Waals surface area contributed by atoms with Crippen molar-refractivity contribution in [2.45, 2.75) is 33.2 Å². The second kappa shape index (κ2) is 5.29. The van der Waals surface area contributed by atoms with Crippen LogP contribution in [0.3, 0.4) is 0 Å². The van der Waals surface area contributed by atoms with Crippen molar-refractivity contribution in [2.75, 3.05) is 13.1 Å². The number of rotatable bonds is 3. The largest absolute Gasteiger partial charge is 0.481 e. The van der Waals surface area contributed by atoms with Crippen LogP contribution in [0.2, 0.25) is 0 Å². The van der Waals surface area contributed by atoms with E-state index < -0.39 is 11.4 Å². The summed E-state index contributed by atoms with van der Waals surface area (Å²) in [5.41, 5.74) is 1.32. The molecule has 1 atom stereocenters. The normalized spacial score (nSPS) is 24.4. The van der Waals surface area contributed by atoms with E-state index in [-0.39, 0.29) is 5.82 Å². The Morgan fingerprint density at radius 2 is 2.26 bits per heavy atom. The Morgan fingerprint density at radius 3 is 2.89 bits per heavy atom. The highest BCUT2D eigenvalue weighted by Crippen LogP contribution is 2.30. The first-order chi connectivity index (χ1) is 8.90. The standard InChI is InChI=1S/C15H20FNO2/c1-11-8-13(16)5-4-12(11)9-17-7-3-6-15(2,10-17)14(18)19/h4-5,8H,3,6-7,9-10H2,1-2H3,(H,18,19). The minimum Gasteiger partial charge on any atom is -0.481 e. The van der Waals surface area contributed by atoms with E-state index in [0.29, 0.717) is 13.1 Å². The molecule has 1 aliphatic rings. The van der Waals surface area contributed by atoms with Crippen LogP contribution in [0.5, 0.6) is 0 Å². The summed E-state index contributed by atoms with van der Waals surface area (Å²) in [5, 5.41) is 9.30. The highest BCUT2D eigenvalue weighted by molar-refractivity contribution is 5.74. The minimum atomic E-state index is -0.729. The van der Waals surface area contributed by atoms with E-state index in [9.17, 15) is 14.3 Å². The van der Waals surface area contributed by atoms with Gasteiger partial charge >= 0.3 is 5.97 Å². The lowest BCUT2D eigenvalue weighted by Crippen LogP contribution is -2.45. The average Bonchev–Trinajstić information content (AvgIpc) is 2.33. The number of piperidine rings is 1. The average molecular weight is 265 g/mol. The molecular formula is C15H20FNO2. The Morgan fingerprint density at radius 1 is 1.53 bits per heavy atom. The molecule has 0 aliphatic carbocycles. The predicted molar refractivity (Wildman–Crippen MR) is 71.4 cm³/mol. The number of carboxylic acids is 1. The first-order valence-corrected chi connectivity index (χ1v) is 6.61. The summed E-state index contributed by atoms with van der Waals surface area (Å²) >= 11 is 0. The zero-order valence-electron chi connectivity index (χ0n) is 11.4.